The van der Waals surface area contributed by atoms with Crippen molar-refractivity contribution in [1.29, 1.82) is 0 Å². The van der Waals surface area contributed by atoms with Crippen molar-refractivity contribution in [3.8, 4) is 11.3 Å². The zero-order valence-electron chi connectivity index (χ0n) is 21.5. The number of rotatable bonds is 7. The van der Waals surface area contributed by atoms with E-state index in [9.17, 15) is 9.59 Å². The van der Waals surface area contributed by atoms with E-state index in [2.05, 4.69) is 15.3 Å². The van der Waals surface area contributed by atoms with Crippen molar-refractivity contribution < 1.29 is 19.1 Å². The van der Waals surface area contributed by atoms with Gasteiger partial charge >= 0.3 is 6.09 Å². The molecule has 4 rings (SSSR count). The molecule has 2 amide bonds. The second-order valence-corrected chi connectivity index (χ2v) is 9.69. The SMILES string of the molecule is COCCC(=O)NCc1cccc(-c2cc3c(nc(N(C)C(=O)OC(C)(C)C)c4ncn(C)c43)[nH]2)c1. The zero-order chi connectivity index (χ0) is 26.0. The van der Waals surface area contributed by atoms with Crippen molar-refractivity contribution in [2.24, 2.45) is 7.05 Å². The average Bonchev–Trinajstić information content (AvgIpc) is 3.43. The third-order valence-corrected chi connectivity index (χ3v) is 5.66. The van der Waals surface area contributed by atoms with Crippen LogP contribution in [0.5, 0.6) is 0 Å². The molecule has 0 aliphatic heterocycles. The number of carbonyl (C=O) groups excluding carboxylic acids is 2. The molecule has 4 aromatic rings. The largest absolute Gasteiger partial charge is 0.443 e. The summed E-state index contributed by atoms with van der Waals surface area (Å²) in [5.74, 6) is 0.352. The number of imidazole rings is 1. The number of ether oxygens (including phenoxy) is 2. The molecule has 0 unspecified atom stereocenters. The number of aromatic nitrogens is 4. The first-order chi connectivity index (χ1) is 17.1. The fourth-order valence-corrected chi connectivity index (χ4v) is 3.92. The number of anilines is 1. The van der Waals surface area contributed by atoms with Gasteiger partial charge in [0.15, 0.2) is 5.82 Å². The summed E-state index contributed by atoms with van der Waals surface area (Å²) in [6.07, 6.45) is 1.52. The summed E-state index contributed by atoms with van der Waals surface area (Å²) in [6, 6.07) is 9.96. The average molecular weight is 493 g/mol. The van der Waals surface area contributed by atoms with Gasteiger partial charge in [0.25, 0.3) is 0 Å². The normalized spacial score (nSPS) is 11.7. The monoisotopic (exact) mass is 492 g/mol. The van der Waals surface area contributed by atoms with Crippen LogP contribution in [0.15, 0.2) is 36.7 Å². The highest BCUT2D eigenvalue weighted by Gasteiger charge is 2.25. The van der Waals surface area contributed by atoms with E-state index in [-0.39, 0.29) is 5.91 Å². The fraction of sp³-hybridized carbons (Fsp3) is 0.385. The maximum atomic E-state index is 12.8. The van der Waals surface area contributed by atoms with Crippen molar-refractivity contribution in [1.82, 2.24) is 24.8 Å². The molecule has 10 heteroatoms. The van der Waals surface area contributed by atoms with Crippen LogP contribution in [0.4, 0.5) is 10.6 Å². The molecule has 0 spiro atoms. The van der Waals surface area contributed by atoms with Gasteiger partial charge in [-0.25, -0.2) is 14.8 Å². The third-order valence-electron chi connectivity index (χ3n) is 5.66. The Kier molecular flexibility index (Phi) is 6.98. The number of hydrogen-bond donors (Lipinski definition) is 2. The Morgan fingerprint density at radius 3 is 2.72 bits per heavy atom. The number of aryl methyl sites for hydroxylation is 1. The number of nitrogens with one attached hydrogen (secondary N) is 2. The maximum Gasteiger partial charge on any atom is 0.415 e. The van der Waals surface area contributed by atoms with Crippen molar-refractivity contribution >= 4 is 39.9 Å². The van der Waals surface area contributed by atoms with E-state index in [0.717, 1.165) is 27.7 Å². The summed E-state index contributed by atoms with van der Waals surface area (Å²) >= 11 is 0. The number of hydrogen-bond acceptors (Lipinski definition) is 6. The molecular weight excluding hydrogens is 460 g/mol. The van der Waals surface area contributed by atoms with Crippen LogP contribution < -0.4 is 10.2 Å². The Hall–Kier alpha value is -3.92. The Morgan fingerprint density at radius 2 is 2.00 bits per heavy atom. The topological polar surface area (TPSA) is 114 Å². The lowest BCUT2D eigenvalue weighted by Crippen LogP contribution is -2.34. The van der Waals surface area contributed by atoms with Crippen LogP contribution in [0.1, 0.15) is 32.8 Å². The molecule has 10 nitrogen and oxygen atoms in total. The van der Waals surface area contributed by atoms with Gasteiger partial charge in [-0.15, -0.1) is 0 Å². The number of methoxy groups -OCH3 is 1. The molecule has 0 saturated heterocycles. The molecule has 0 aliphatic carbocycles. The highest BCUT2D eigenvalue weighted by molar-refractivity contribution is 6.09. The van der Waals surface area contributed by atoms with Crippen LogP contribution in [0.2, 0.25) is 0 Å². The van der Waals surface area contributed by atoms with Crippen LogP contribution in [-0.2, 0) is 27.9 Å². The molecule has 0 bridgehead atoms. The van der Waals surface area contributed by atoms with Gasteiger partial charge in [0.2, 0.25) is 5.91 Å². The summed E-state index contributed by atoms with van der Waals surface area (Å²) in [6.45, 7) is 6.28. The second-order valence-electron chi connectivity index (χ2n) is 9.69. The first kappa shape index (κ1) is 25.2. The Labute approximate surface area is 209 Å². The van der Waals surface area contributed by atoms with Crippen molar-refractivity contribution in [3.63, 3.8) is 0 Å². The zero-order valence-corrected chi connectivity index (χ0v) is 21.5. The Morgan fingerprint density at radius 1 is 1.22 bits per heavy atom. The van der Waals surface area contributed by atoms with E-state index in [1.165, 1.54) is 4.90 Å². The summed E-state index contributed by atoms with van der Waals surface area (Å²) in [4.78, 5) is 38.7. The number of carbonyl (C=O) groups is 2. The van der Waals surface area contributed by atoms with E-state index in [1.54, 1.807) is 20.5 Å². The van der Waals surface area contributed by atoms with E-state index in [0.29, 0.717) is 36.6 Å². The lowest BCUT2D eigenvalue weighted by molar-refractivity contribution is -0.122. The number of pyridine rings is 1. The number of benzene rings is 1. The molecule has 0 saturated carbocycles. The highest BCUT2D eigenvalue weighted by Crippen LogP contribution is 2.33. The summed E-state index contributed by atoms with van der Waals surface area (Å²) in [7, 11) is 5.11. The molecule has 3 aromatic heterocycles. The first-order valence-electron chi connectivity index (χ1n) is 11.7. The van der Waals surface area contributed by atoms with Gasteiger partial charge in [-0.3, -0.25) is 9.69 Å². The van der Waals surface area contributed by atoms with E-state index >= 15 is 0 Å². The van der Waals surface area contributed by atoms with Crippen LogP contribution in [-0.4, -0.2) is 57.9 Å². The minimum Gasteiger partial charge on any atom is -0.443 e. The van der Waals surface area contributed by atoms with Crippen LogP contribution in [0.25, 0.3) is 33.3 Å². The van der Waals surface area contributed by atoms with Gasteiger partial charge < -0.3 is 24.3 Å². The van der Waals surface area contributed by atoms with Gasteiger partial charge in [0, 0.05) is 45.3 Å². The summed E-state index contributed by atoms with van der Waals surface area (Å²) < 4.78 is 12.4. The number of nitrogens with zero attached hydrogens (tertiary/aromatic N) is 4. The van der Waals surface area contributed by atoms with Crippen molar-refractivity contribution in [3.05, 3.63) is 42.2 Å². The highest BCUT2D eigenvalue weighted by atomic mass is 16.6. The van der Waals surface area contributed by atoms with Crippen molar-refractivity contribution in [2.75, 3.05) is 25.7 Å². The molecule has 0 fully saturated rings. The third kappa shape index (κ3) is 5.33. The molecule has 0 radical (unpaired) electrons. The Balaban J connectivity index is 1.69. The lowest BCUT2D eigenvalue weighted by atomic mass is 10.1. The number of amides is 2. The molecule has 190 valence electrons. The predicted molar refractivity (Wildman–Crippen MR) is 139 cm³/mol. The second kappa shape index (κ2) is 9.98. The van der Waals surface area contributed by atoms with Gasteiger partial charge in [-0.05, 0) is 44.0 Å². The standard InChI is InChI=1S/C26H32N6O4/c1-26(2,3)36-25(34)32(5)24-21-22(31(4)15-28-21)18-13-19(29-23(18)30-24)17-9-7-8-16(12-17)14-27-20(33)10-11-35-6/h7-9,12-13,15H,10-11,14H2,1-6H3,(H,27,33)(H,29,30). The van der Waals surface area contributed by atoms with Crippen LogP contribution >= 0.6 is 0 Å². The molecule has 3 heterocycles. The first-order valence-corrected chi connectivity index (χ1v) is 11.7. The molecule has 36 heavy (non-hydrogen) atoms. The quantitative estimate of drug-likeness (QED) is 0.401. The summed E-state index contributed by atoms with van der Waals surface area (Å²) in [5, 5.41) is 3.80. The van der Waals surface area contributed by atoms with Crippen LogP contribution in [0.3, 0.4) is 0 Å². The maximum absolute atomic E-state index is 12.8. The number of aromatic amines is 1. The summed E-state index contributed by atoms with van der Waals surface area (Å²) in [5.41, 5.74) is 4.25. The minimum atomic E-state index is -0.632. The van der Waals surface area contributed by atoms with E-state index in [1.807, 2.05) is 62.7 Å². The Bertz CT molecular complexity index is 1420. The lowest BCUT2D eigenvalue weighted by Gasteiger charge is -2.24. The molecule has 2 N–H and O–H groups in total. The molecule has 1 aromatic carbocycles. The molecule has 0 aliphatic rings. The predicted octanol–water partition coefficient (Wildman–Crippen LogP) is 4.14. The smallest absolute Gasteiger partial charge is 0.415 e. The van der Waals surface area contributed by atoms with Gasteiger partial charge in [0.1, 0.15) is 16.8 Å². The van der Waals surface area contributed by atoms with Gasteiger partial charge in [-0.2, -0.15) is 0 Å². The van der Waals surface area contributed by atoms with E-state index in [4.69, 9.17) is 14.5 Å². The van der Waals surface area contributed by atoms with Crippen molar-refractivity contribution in [2.45, 2.75) is 39.3 Å². The number of H-pyrrole nitrogens is 1. The van der Waals surface area contributed by atoms with E-state index < -0.39 is 11.7 Å². The van der Waals surface area contributed by atoms with Gasteiger partial charge in [0.05, 0.1) is 18.5 Å². The van der Waals surface area contributed by atoms with Gasteiger partial charge in [-0.1, -0.05) is 18.2 Å². The molecular formula is C26H32N6O4. The molecule has 0 atom stereocenters. The van der Waals surface area contributed by atoms with Crippen LogP contribution in [0, 0.1) is 0 Å². The minimum absolute atomic E-state index is 0.0581. The fourth-order valence-electron chi connectivity index (χ4n) is 3.92. The number of fused-ring (bicyclic) bond motifs is 3.